The Bertz CT molecular complexity index is 1160. The van der Waals surface area contributed by atoms with Crippen LogP contribution in [-0.4, -0.2) is 35.6 Å². The van der Waals surface area contributed by atoms with Crippen molar-refractivity contribution >= 4 is 11.8 Å². The van der Waals surface area contributed by atoms with E-state index in [4.69, 9.17) is 14.2 Å². The lowest BCUT2D eigenvalue weighted by atomic mass is 10.1. The number of ether oxygens (including phenoxy) is 3. The second kappa shape index (κ2) is 8.91. The molecule has 1 aromatic heterocycles. The molecule has 2 heterocycles. The van der Waals surface area contributed by atoms with Gasteiger partial charge in [-0.05, 0) is 58.0 Å². The van der Waals surface area contributed by atoms with Crippen LogP contribution in [0.1, 0.15) is 43.2 Å². The maximum absolute atomic E-state index is 12.8. The summed E-state index contributed by atoms with van der Waals surface area (Å²) in [6.07, 6.45) is -0.167. The summed E-state index contributed by atoms with van der Waals surface area (Å²) in [5.74, 6) is 0.741. The van der Waals surface area contributed by atoms with Crippen LogP contribution in [0.4, 0.5) is 0 Å². The van der Waals surface area contributed by atoms with E-state index >= 15 is 0 Å². The fourth-order valence-corrected chi connectivity index (χ4v) is 4.11. The fraction of sp³-hybridized carbons (Fsp3) is 0.308. The Labute approximate surface area is 187 Å². The first kappa shape index (κ1) is 21.7. The molecule has 0 spiro atoms. The highest BCUT2D eigenvalue weighted by Crippen LogP contribution is 2.31. The normalized spacial score (nSPS) is 14.8. The summed E-state index contributed by atoms with van der Waals surface area (Å²) >= 11 is 0. The first-order valence-electron chi connectivity index (χ1n) is 10.7. The number of fused-ring (bicyclic) bond motifs is 1. The molecular weight excluding hydrogens is 406 g/mol. The number of carbonyl (C=O) groups is 2. The summed E-state index contributed by atoms with van der Waals surface area (Å²) in [4.78, 5) is 25.2. The third-order valence-electron chi connectivity index (χ3n) is 5.62. The van der Waals surface area contributed by atoms with Gasteiger partial charge in [-0.3, -0.25) is 4.79 Å². The number of benzene rings is 2. The highest BCUT2D eigenvalue weighted by atomic mass is 16.6. The second-order valence-corrected chi connectivity index (χ2v) is 8.27. The molecule has 0 fully saturated rings. The third kappa shape index (κ3) is 4.54. The predicted molar refractivity (Wildman–Crippen MR) is 121 cm³/mol. The van der Waals surface area contributed by atoms with Crippen LogP contribution in [-0.2, 0) is 11.3 Å². The molecule has 0 saturated carbocycles. The van der Waals surface area contributed by atoms with E-state index in [0.29, 0.717) is 24.3 Å². The molecule has 6 heteroatoms. The van der Waals surface area contributed by atoms with Crippen molar-refractivity contribution in [2.75, 3.05) is 13.2 Å². The number of nitrogens with zero attached hydrogens (tertiary/aromatic N) is 1. The van der Waals surface area contributed by atoms with E-state index in [1.165, 1.54) is 0 Å². The Balaban J connectivity index is 1.42. The minimum absolute atomic E-state index is 0.167. The quantitative estimate of drug-likeness (QED) is 0.420. The highest BCUT2D eigenvalue weighted by Gasteiger charge is 2.24. The minimum atomic E-state index is -0.495. The monoisotopic (exact) mass is 433 g/mol. The molecule has 1 atom stereocenters. The maximum Gasteiger partial charge on any atom is 0.338 e. The molecular formula is C26H27NO5. The topological polar surface area (TPSA) is 66.8 Å². The number of hydrogen-bond donors (Lipinski definition) is 0. The van der Waals surface area contributed by atoms with Crippen LogP contribution in [0.15, 0.2) is 48.5 Å². The molecule has 0 N–H and O–H groups in total. The van der Waals surface area contributed by atoms with Gasteiger partial charge in [0.1, 0.15) is 6.61 Å². The number of rotatable bonds is 6. The van der Waals surface area contributed by atoms with Crippen LogP contribution in [0.5, 0.6) is 11.5 Å². The number of carbonyl (C=O) groups excluding carboxylic acids is 2. The van der Waals surface area contributed by atoms with E-state index in [-0.39, 0.29) is 18.5 Å². The van der Waals surface area contributed by atoms with E-state index in [1.54, 1.807) is 12.1 Å². The minimum Gasteiger partial charge on any atom is -0.486 e. The van der Waals surface area contributed by atoms with Gasteiger partial charge in [0, 0.05) is 17.0 Å². The number of aryl methyl sites for hydroxylation is 3. The molecule has 1 aliphatic heterocycles. The number of para-hydroxylation sites is 2. The zero-order chi connectivity index (χ0) is 22.8. The molecule has 0 radical (unpaired) electrons. The average Bonchev–Trinajstić information content (AvgIpc) is 3.05. The van der Waals surface area contributed by atoms with Crippen molar-refractivity contribution < 1.29 is 23.8 Å². The lowest BCUT2D eigenvalue weighted by molar-refractivity contribution is 0.0474. The van der Waals surface area contributed by atoms with E-state index < -0.39 is 5.97 Å². The van der Waals surface area contributed by atoms with E-state index in [0.717, 1.165) is 34.0 Å². The van der Waals surface area contributed by atoms with E-state index in [1.807, 2.05) is 68.7 Å². The maximum atomic E-state index is 12.8. The summed E-state index contributed by atoms with van der Waals surface area (Å²) < 4.78 is 19.2. The smallest absolute Gasteiger partial charge is 0.338 e. The second-order valence-electron chi connectivity index (χ2n) is 8.27. The molecule has 0 aliphatic carbocycles. The van der Waals surface area contributed by atoms with Crippen molar-refractivity contribution in [3.8, 4) is 11.5 Å². The van der Waals surface area contributed by atoms with Gasteiger partial charge in [-0.25, -0.2) is 4.79 Å². The van der Waals surface area contributed by atoms with Crippen molar-refractivity contribution in [2.24, 2.45) is 0 Å². The van der Waals surface area contributed by atoms with E-state index in [9.17, 15) is 9.59 Å². The van der Waals surface area contributed by atoms with Crippen LogP contribution in [0.25, 0.3) is 0 Å². The van der Waals surface area contributed by atoms with Crippen molar-refractivity contribution in [1.82, 2.24) is 4.57 Å². The van der Waals surface area contributed by atoms with Crippen LogP contribution >= 0.6 is 0 Å². The highest BCUT2D eigenvalue weighted by molar-refractivity contribution is 6.00. The number of Topliss-reactive ketones (excluding diaryl/α,β-unsaturated/α-hetero) is 1. The Kier molecular flexibility index (Phi) is 6.04. The molecule has 0 amide bonds. The zero-order valence-corrected chi connectivity index (χ0v) is 18.8. The first-order chi connectivity index (χ1) is 15.3. The van der Waals surface area contributed by atoms with Gasteiger partial charge in [-0.1, -0.05) is 29.3 Å². The molecule has 4 rings (SSSR count). The SMILES string of the molecule is Cc1cc(C)cc(C(=O)OCC(=O)c2cc(C)n(CC3COc4ccccc4O3)c2C)c1. The van der Waals surface area contributed by atoms with Crippen LogP contribution < -0.4 is 9.47 Å². The molecule has 2 aromatic carbocycles. The Morgan fingerprint density at radius 1 is 1.00 bits per heavy atom. The summed E-state index contributed by atoms with van der Waals surface area (Å²) in [6.45, 7) is 8.37. The van der Waals surface area contributed by atoms with Gasteiger partial charge < -0.3 is 18.8 Å². The van der Waals surface area contributed by atoms with Crippen LogP contribution in [0, 0.1) is 27.7 Å². The summed E-state index contributed by atoms with van der Waals surface area (Å²) in [7, 11) is 0. The molecule has 3 aromatic rings. The largest absolute Gasteiger partial charge is 0.486 e. The standard InChI is InChI=1S/C26H27NO5/c1-16-9-17(2)11-20(10-16)26(29)31-15-23(28)22-12-18(3)27(19(22)4)13-21-14-30-24-7-5-6-8-25(24)32-21/h5-12,21H,13-15H2,1-4H3. The molecule has 32 heavy (non-hydrogen) atoms. The lowest BCUT2D eigenvalue weighted by Crippen LogP contribution is -2.33. The first-order valence-corrected chi connectivity index (χ1v) is 10.7. The summed E-state index contributed by atoms with van der Waals surface area (Å²) in [6, 6.07) is 14.9. The van der Waals surface area contributed by atoms with Gasteiger partial charge >= 0.3 is 5.97 Å². The van der Waals surface area contributed by atoms with Crippen molar-refractivity contribution in [1.29, 1.82) is 0 Å². The third-order valence-corrected chi connectivity index (χ3v) is 5.62. The predicted octanol–water partition coefficient (Wildman–Crippen LogP) is 4.60. The summed E-state index contributed by atoms with van der Waals surface area (Å²) in [5.41, 5.74) is 4.71. The average molecular weight is 434 g/mol. The van der Waals surface area contributed by atoms with Gasteiger partial charge in [0.05, 0.1) is 12.1 Å². The van der Waals surface area contributed by atoms with Gasteiger partial charge in [0.15, 0.2) is 24.2 Å². The fourth-order valence-electron chi connectivity index (χ4n) is 4.11. The van der Waals surface area contributed by atoms with Crippen LogP contribution in [0.2, 0.25) is 0 Å². The van der Waals surface area contributed by atoms with Crippen LogP contribution in [0.3, 0.4) is 0 Å². The number of ketones is 1. The molecule has 0 bridgehead atoms. The van der Waals surface area contributed by atoms with Crippen molar-refractivity contribution in [2.45, 2.75) is 40.3 Å². The molecule has 1 unspecified atom stereocenters. The Morgan fingerprint density at radius 3 is 2.41 bits per heavy atom. The molecule has 1 aliphatic rings. The Hall–Kier alpha value is -3.54. The number of hydrogen-bond acceptors (Lipinski definition) is 5. The number of esters is 1. The van der Waals surface area contributed by atoms with Gasteiger partial charge in [0.2, 0.25) is 5.78 Å². The zero-order valence-electron chi connectivity index (χ0n) is 18.8. The molecule has 166 valence electrons. The molecule has 0 saturated heterocycles. The van der Waals surface area contributed by atoms with Gasteiger partial charge in [-0.2, -0.15) is 0 Å². The number of aromatic nitrogens is 1. The summed E-state index contributed by atoms with van der Waals surface area (Å²) in [5, 5.41) is 0. The lowest BCUT2D eigenvalue weighted by Gasteiger charge is -2.27. The van der Waals surface area contributed by atoms with Crippen molar-refractivity contribution in [3.05, 3.63) is 82.2 Å². The Morgan fingerprint density at radius 2 is 1.69 bits per heavy atom. The molecule has 6 nitrogen and oxygen atoms in total. The van der Waals surface area contributed by atoms with Gasteiger partial charge in [0.25, 0.3) is 0 Å². The van der Waals surface area contributed by atoms with Crippen molar-refractivity contribution in [3.63, 3.8) is 0 Å². The van der Waals surface area contributed by atoms with Gasteiger partial charge in [-0.15, -0.1) is 0 Å². The van der Waals surface area contributed by atoms with E-state index in [2.05, 4.69) is 0 Å².